The summed E-state index contributed by atoms with van der Waals surface area (Å²) in [5, 5.41) is 5.04. The first-order chi connectivity index (χ1) is 8.06. The van der Waals surface area contributed by atoms with E-state index in [1.54, 1.807) is 11.8 Å². The molecule has 0 aromatic heterocycles. The van der Waals surface area contributed by atoms with Crippen LogP contribution in [0.3, 0.4) is 0 Å². The fourth-order valence-electron chi connectivity index (χ4n) is 1.47. The Kier molecular flexibility index (Phi) is 4.39. The van der Waals surface area contributed by atoms with Crippen LogP contribution in [0.1, 0.15) is 13.8 Å². The minimum absolute atomic E-state index is 0.379. The van der Waals surface area contributed by atoms with Crippen LogP contribution in [0.15, 0.2) is 27.7 Å². The number of aliphatic imine (C=N–C) groups is 1. The molecule has 0 bridgehead atoms. The van der Waals surface area contributed by atoms with E-state index < -0.39 is 0 Å². The number of nitrogens with zero attached hydrogens (tertiary/aromatic N) is 1. The summed E-state index contributed by atoms with van der Waals surface area (Å²) in [4.78, 5) is 4.64. The van der Waals surface area contributed by atoms with Gasteiger partial charge in [-0.3, -0.25) is 4.99 Å². The zero-order valence-corrected chi connectivity index (χ0v) is 12.9. The zero-order valence-electron chi connectivity index (χ0n) is 9.71. The van der Waals surface area contributed by atoms with Crippen molar-refractivity contribution in [1.82, 2.24) is 0 Å². The predicted molar refractivity (Wildman–Crippen MR) is 81.3 cm³/mol. The standard InChI is InChI=1S/C12H14BrClN2S/c1-7-6-17-12(15-8(7)2)16-11-4-3-9(14)5-10(11)13/h3-5,7-8H,6H2,1-2H3,(H,15,16). The Labute approximate surface area is 119 Å². The van der Waals surface area contributed by atoms with Crippen LogP contribution in [-0.2, 0) is 0 Å². The second-order valence-corrected chi connectivity index (χ2v) is 6.51. The van der Waals surface area contributed by atoms with Gasteiger partial charge in [0.15, 0.2) is 5.17 Å². The van der Waals surface area contributed by atoms with E-state index in [9.17, 15) is 0 Å². The van der Waals surface area contributed by atoms with Gasteiger partial charge in [-0.1, -0.05) is 30.3 Å². The summed E-state index contributed by atoms with van der Waals surface area (Å²) >= 11 is 11.2. The van der Waals surface area contributed by atoms with Gasteiger partial charge in [0.1, 0.15) is 0 Å². The molecule has 2 rings (SSSR count). The second-order valence-electron chi connectivity index (χ2n) is 4.21. The van der Waals surface area contributed by atoms with Gasteiger partial charge in [0.25, 0.3) is 0 Å². The van der Waals surface area contributed by atoms with Gasteiger partial charge in [-0.25, -0.2) is 0 Å². The number of rotatable bonds is 1. The molecule has 1 N–H and O–H groups in total. The highest BCUT2D eigenvalue weighted by Crippen LogP contribution is 2.29. The second kappa shape index (κ2) is 5.63. The molecule has 0 fully saturated rings. The largest absolute Gasteiger partial charge is 0.334 e. The van der Waals surface area contributed by atoms with Crippen LogP contribution >= 0.6 is 39.3 Å². The molecule has 5 heteroatoms. The highest BCUT2D eigenvalue weighted by molar-refractivity contribution is 9.10. The molecule has 92 valence electrons. The molecule has 0 amide bonds. The zero-order chi connectivity index (χ0) is 12.4. The molecule has 1 heterocycles. The van der Waals surface area contributed by atoms with Gasteiger partial charge in [-0.15, -0.1) is 0 Å². The van der Waals surface area contributed by atoms with Crippen LogP contribution in [0.2, 0.25) is 5.02 Å². The number of thioether (sulfide) groups is 1. The lowest BCUT2D eigenvalue weighted by atomic mass is 10.1. The lowest BCUT2D eigenvalue weighted by Gasteiger charge is -2.24. The van der Waals surface area contributed by atoms with Crippen molar-refractivity contribution in [2.45, 2.75) is 19.9 Å². The highest BCUT2D eigenvalue weighted by atomic mass is 79.9. The number of hydrogen-bond donors (Lipinski definition) is 1. The van der Waals surface area contributed by atoms with Crippen LogP contribution < -0.4 is 5.32 Å². The van der Waals surface area contributed by atoms with E-state index in [0.29, 0.717) is 12.0 Å². The van der Waals surface area contributed by atoms with Crippen molar-refractivity contribution in [3.05, 3.63) is 27.7 Å². The van der Waals surface area contributed by atoms with Gasteiger partial charge in [-0.2, -0.15) is 0 Å². The van der Waals surface area contributed by atoms with Crippen LogP contribution in [0.25, 0.3) is 0 Å². The first kappa shape index (κ1) is 13.2. The molecule has 0 spiro atoms. The number of halogens is 2. The molecule has 2 atom stereocenters. The van der Waals surface area contributed by atoms with Gasteiger partial charge in [0, 0.05) is 15.2 Å². The molecule has 17 heavy (non-hydrogen) atoms. The van der Waals surface area contributed by atoms with Crippen molar-refractivity contribution in [3.8, 4) is 0 Å². The summed E-state index contributed by atoms with van der Waals surface area (Å²) in [7, 11) is 0. The number of hydrogen-bond acceptors (Lipinski definition) is 3. The predicted octanol–water partition coefficient (Wildman–Crippen LogP) is 4.64. The maximum atomic E-state index is 5.91. The molecule has 0 saturated carbocycles. The number of amidine groups is 1. The van der Waals surface area contributed by atoms with E-state index in [1.807, 2.05) is 18.2 Å². The first-order valence-corrected chi connectivity index (χ1v) is 7.64. The van der Waals surface area contributed by atoms with Crippen molar-refractivity contribution in [2.24, 2.45) is 10.9 Å². The van der Waals surface area contributed by atoms with E-state index in [-0.39, 0.29) is 0 Å². The quantitative estimate of drug-likeness (QED) is 0.809. The Bertz CT molecular complexity index is 450. The van der Waals surface area contributed by atoms with Crippen LogP contribution in [0, 0.1) is 5.92 Å². The summed E-state index contributed by atoms with van der Waals surface area (Å²) in [5.74, 6) is 1.75. The molecule has 1 aliphatic heterocycles. The van der Waals surface area contributed by atoms with E-state index in [0.717, 1.165) is 26.1 Å². The lowest BCUT2D eigenvalue weighted by Crippen LogP contribution is -2.25. The minimum Gasteiger partial charge on any atom is -0.334 e. The molecule has 0 saturated heterocycles. The average Bonchev–Trinajstić information content (AvgIpc) is 2.27. The van der Waals surface area contributed by atoms with Gasteiger partial charge in [0.05, 0.1) is 11.7 Å². The van der Waals surface area contributed by atoms with E-state index >= 15 is 0 Å². The fraction of sp³-hybridized carbons (Fsp3) is 0.417. The fourth-order valence-corrected chi connectivity index (χ4v) is 3.38. The third-order valence-electron chi connectivity index (χ3n) is 2.80. The van der Waals surface area contributed by atoms with Gasteiger partial charge in [0.2, 0.25) is 0 Å². The first-order valence-electron chi connectivity index (χ1n) is 5.49. The van der Waals surface area contributed by atoms with Crippen molar-refractivity contribution in [2.75, 3.05) is 11.1 Å². The number of anilines is 1. The molecule has 1 aromatic carbocycles. The normalized spacial score (nSPS) is 24.4. The van der Waals surface area contributed by atoms with Crippen molar-refractivity contribution in [1.29, 1.82) is 0 Å². The lowest BCUT2D eigenvalue weighted by molar-refractivity contribution is 0.537. The molecule has 0 radical (unpaired) electrons. The molecule has 1 aliphatic rings. The van der Waals surface area contributed by atoms with E-state index in [4.69, 9.17) is 11.6 Å². The Hall–Kier alpha value is -0.190. The Morgan fingerprint density at radius 1 is 1.47 bits per heavy atom. The summed E-state index contributed by atoms with van der Waals surface area (Å²) in [5.41, 5.74) is 1.00. The van der Waals surface area contributed by atoms with Gasteiger partial charge >= 0.3 is 0 Å². The minimum atomic E-state index is 0.379. The molecule has 2 nitrogen and oxygen atoms in total. The summed E-state index contributed by atoms with van der Waals surface area (Å²) in [6, 6.07) is 6.08. The Morgan fingerprint density at radius 3 is 2.88 bits per heavy atom. The highest BCUT2D eigenvalue weighted by Gasteiger charge is 2.19. The maximum absolute atomic E-state index is 5.91. The molecule has 1 aromatic rings. The van der Waals surface area contributed by atoms with Crippen LogP contribution in [0.5, 0.6) is 0 Å². The van der Waals surface area contributed by atoms with Crippen LogP contribution in [-0.4, -0.2) is 17.0 Å². The van der Waals surface area contributed by atoms with Gasteiger partial charge in [-0.05, 0) is 47.0 Å². The van der Waals surface area contributed by atoms with Gasteiger partial charge < -0.3 is 5.32 Å². The van der Waals surface area contributed by atoms with Crippen molar-refractivity contribution < 1.29 is 0 Å². The third kappa shape index (κ3) is 3.39. The molecular weight excluding hydrogens is 320 g/mol. The average molecular weight is 334 g/mol. The molecule has 2 unspecified atom stereocenters. The number of benzene rings is 1. The van der Waals surface area contributed by atoms with E-state index in [2.05, 4.69) is 40.1 Å². The van der Waals surface area contributed by atoms with Crippen LogP contribution in [0.4, 0.5) is 5.69 Å². The van der Waals surface area contributed by atoms with Crippen molar-refractivity contribution in [3.63, 3.8) is 0 Å². The summed E-state index contributed by atoms with van der Waals surface area (Å²) < 4.78 is 0.958. The SMILES string of the molecule is CC1CSC(Nc2ccc(Cl)cc2Br)=NC1C. The Morgan fingerprint density at radius 2 is 2.24 bits per heavy atom. The number of nitrogens with one attached hydrogen (secondary N) is 1. The smallest absolute Gasteiger partial charge is 0.161 e. The summed E-state index contributed by atoms with van der Waals surface area (Å²) in [6.07, 6.45) is 0. The Balaban J connectivity index is 2.13. The topological polar surface area (TPSA) is 24.4 Å². The maximum Gasteiger partial charge on any atom is 0.161 e. The molecular formula is C12H14BrClN2S. The summed E-state index contributed by atoms with van der Waals surface area (Å²) in [6.45, 7) is 4.39. The third-order valence-corrected chi connectivity index (χ3v) is 4.86. The van der Waals surface area contributed by atoms with E-state index in [1.165, 1.54) is 0 Å². The molecule has 0 aliphatic carbocycles. The monoisotopic (exact) mass is 332 g/mol. The van der Waals surface area contributed by atoms with Crippen molar-refractivity contribution >= 4 is 50.1 Å².